The van der Waals surface area contributed by atoms with E-state index in [0.717, 1.165) is 4.47 Å². The molecule has 1 saturated heterocycles. The van der Waals surface area contributed by atoms with Gasteiger partial charge in [-0.3, -0.25) is 4.68 Å². The van der Waals surface area contributed by atoms with E-state index >= 15 is 0 Å². The molecule has 4 nitrogen and oxygen atoms in total. The predicted octanol–water partition coefficient (Wildman–Crippen LogP) is 0.578. The third kappa shape index (κ3) is 1.39. The van der Waals surface area contributed by atoms with Crippen LogP contribution in [0.3, 0.4) is 0 Å². The number of aromatic nitrogens is 2. The SMILES string of the molecule is O[C@@H]1COC[C@H]1n1cc(Br)cn1. The Balaban J connectivity index is 2.19. The quantitative estimate of drug-likeness (QED) is 0.771. The molecule has 1 aromatic heterocycles. The molecule has 2 atom stereocenters. The Morgan fingerprint density at radius 2 is 2.50 bits per heavy atom. The van der Waals surface area contributed by atoms with Gasteiger partial charge in [-0.25, -0.2) is 0 Å². The fourth-order valence-electron chi connectivity index (χ4n) is 1.28. The van der Waals surface area contributed by atoms with E-state index in [1.54, 1.807) is 10.9 Å². The first kappa shape index (κ1) is 8.22. The summed E-state index contributed by atoms with van der Waals surface area (Å²) in [5.41, 5.74) is 0. The Morgan fingerprint density at radius 1 is 1.67 bits per heavy atom. The third-order valence-electron chi connectivity index (χ3n) is 1.93. The molecule has 0 radical (unpaired) electrons. The molecule has 2 heterocycles. The lowest BCUT2D eigenvalue weighted by Crippen LogP contribution is -2.22. The molecular weight excluding hydrogens is 224 g/mol. The van der Waals surface area contributed by atoms with Crippen molar-refractivity contribution in [2.75, 3.05) is 13.2 Å². The normalized spacial score (nSPS) is 29.5. The van der Waals surface area contributed by atoms with Gasteiger partial charge < -0.3 is 9.84 Å². The summed E-state index contributed by atoms with van der Waals surface area (Å²) >= 11 is 3.29. The zero-order chi connectivity index (χ0) is 8.55. The molecular formula is C7H9BrN2O2. The number of rotatable bonds is 1. The maximum Gasteiger partial charge on any atom is 0.103 e. The molecule has 66 valence electrons. The number of hydrogen-bond acceptors (Lipinski definition) is 3. The molecule has 1 fully saturated rings. The topological polar surface area (TPSA) is 47.3 Å². The van der Waals surface area contributed by atoms with Crippen LogP contribution in [-0.2, 0) is 4.74 Å². The molecule has 0 unspecified atom stereocenters. The van der Waals surface area contributed by atoms with Gasteiger partial charge in [0.1, 0.15) is 12.1 Å². The smallest absolute Gasteiger partial charge is 0.103 e. The van der Waals surface area contributed by atoms with Crippen molar-refractivity contribution in [1.82, 2.24) is 9.78 Å². The maximum absolute atomic E-state index is 9.45. The minimum atomic E-state index is -0.434. The van der Waals surface area contributed by atoms with Crippen LogP contribution in [0.1, 0.15) is 6.04 Å². The van der Waals surface area contributed by atoms with Crippen molar-refractivity contribution in [3.05, 3.63) is 16.9 Å². The zero-order valence-corrected chi connectivity index (χ0v) is 7.94. The van der Waals surface area contributed by atoms with Gasteiger partial charge in [-0.05, 0) is 15.9 Å². The lowest BCUT2D eigenvalue weighted by atomic mass is 10.2. The lowest BCUT2D eigenvalue weighted by molar-refractivity contribution is 0.118. The number of aliphatic hydroxyl groups excluding tert-OH is 1. The number of ether oxygens (including phenoxy) is 1. The zero-order valence-electron chi connectivity index (χ0n) is 6.35. The van der Waals surface area contributed by atoms with Gasteiger partial charge in [0, 0.05) is 6.20 Å². The average Bonchev–Trinajstić information content (AvgIpc) is 2.58. The molecule has 2 rings (SSSR count). The van der Waals surface area contributed by atoms with Crippen molar-refractivity contribution in [2.24, 2.45) is 0 Å². The van der Waals surface area contributed by atoms with Gasteiger partial charge in [-0.15, -0.1) is 0 Å². The highest BCUT2D eigenvalue weighted by Crippen LogP contribution is 2.20. The number of halogens is 1. The van der Waals surface area contributed by atoms with Gasteiger partial charge in [0.15, 0.2) is 0 Å². The van der Waals surface area contributed by atoms with Crippen molar-refractivity contribution in [3.63, 3.8) is 0 Å². The molecule has 1 N–H and O–H groups in total. The van der Waals surface area contributed by atoms with Gasteiger partial charge in [0.2, 0.25) is 0 Å². The molecule has 0 saturated carbocycles. The van der Waals surface area contributed by atoms with Gasteiger partial charge >= 0.3 is 0 Å². The van der Waals surface area contributed by atoms with Crippen LogP contribution >= 0.6 is 15.9 Å². The summed E-state index contributed by atoms with van der Waals surface area (Å²) < 4.78 is 7.75. The van der Waals surface area contributed by atoms with E-state index in [2.05, 4.69) is 21.0 Å². The van der Waals surface area contributed by atoms with E-state index in [-0.39, 0.29) is 6.04 Å². The van der Waals surface area contributed by atoms with E-state index in [1.807, 2.05) is 6.20 Å². The van der Waals surface area contributed by atoms with E-state index in [9.17, 15) is 5.11 Å². The number of aliphatic hydroxyl groups is 1. The first-order valence-electron chi connectivity index (χ1n) is 3.73. The Morgan fingerprint density at radius 3 is 3.00 bits per heavy atom. The van der Waals surface area contributed by atoms with Crippen LogP contribution in [0.25, 0.3) is 0 Å². The van der Waals surface area contributed by atoms with Crippen LogP contribution in [0.5, 0.6) is 0 Å². The molecule has 0 spiro atoms. The molecule has 0 aliphatic carbocycles. The van der Waals surface area contributed by atoms with Crippen molar-refractivity contribution in [3.8, 4) is 0 Å². The van der Waals surface area contributed by atoms with Gasteiger partial charge in [-0.1, -0.05) is 0 Å². The van der Waals surface area contributed by atoms with Crippen molar-refractivity contribution in [2.45, 2.75) is 12.1 Å². The van der Waals surface area contributed by atoms with Crippen molar-refractivity contribution < 1.29 is 9.84 Å². The minimum Gasteiger partial charge on any atom is -0.388 e. The summed E-state index contributed by atoms with van der Waals surface area (Å²) in [5, 5.41) is 13.5. The van der Waals surface area contributed by atoms with E-state index < -0.39 is 6.10 Å². The van der Waals surface area contributed by atoms with E-state index in [4.69, 9.17) is 4.74 Å². The second kappa shape index (κ2) is 3.16. The Hall–Kier alpha value is -0.390. The van der Waals surface area contributed by atoms with Crippen LogP contribution in [0.4, 0.5) is 0 Å². The summed E-state index contributed by atoms with van der Waals surface area (Å²) in [6.45, 7) is 0.942. The highest BCUT2D eigenvalue weighted by atomic mass is 79.9. The van der Waals surface area contributed by atoms with Gasteiger partial charge in [0.25, 0.3) is 0 Å². The van der Waals surface area contributed by atoms with Gasteiger partial charge in [-0.2, -0.15) is 5.10 Å². The highest BCUT2D eigenvalue weighted by molar-refractivity contribution is 9.10. The Kier molecular flexibility index (Phi) is 2.16. The standard InChI is InChI=1S/C7H9BrN2O2/c8-5-1-9-10(2-5)6-3-12-4-7(6)11/h1-2,6-7,11H,3-4H2/t6-,7-/m1/s1. The monoisotopic (exact) mass is 232 g/mol. The molecule has 5 heteroatoms. The molecule has 1 aliphatic heterocycles. The summed E-state index contributed by atoms with van der Waals surface area (Å²) in [6.07, 6.45) is 3.10. The summed E-state index contributed by atoms with van der Waals surface area (Å²) in [4.78, 5) is 0. The molecule has 0 bridgehead atoms. The van der Waals surface area contributed by atoms with Crippen LogP contribution < -0.4 is 0 Å². The average molecular weight is 233 g/mol. The van der Waals surface area contributed by atoms with Crippen LogP contribution in [0.15, 0.2) is 16.9 Å². The summed E-state index contributed by atoms with van der Waals surface area (Å²) in [5.74, 6) is 0. The van der Waals surface area contributed by atoms with Crippen LogP contribution in [-0.4, -0.2) is 34.2 Å². The highest BCUT2D eigenvalue weighted by Gasteiger charge is 2.28. The van der Waals surface area contributed by atoms with Gasteiger partial charge in [0.05, 0.1) is 23.9 Å². The molecule has 1 aromatic rings. The first-order chi connectivity index (χ1) is 5.77. The molecule has 0 aromatic carbocycles. The number of nitrogens with zero attached hydrogens (tertiary/aromatic N) is 2. The first-order valence-corrected chi connectivity index (χ1v) is 4.52. The van der Waals surface area contributed by atoms with Crippen molar-refractivity contribution in [1.29, 1.82) is 0 Å². The van der Waals surface area contributed by atoms with Crippen molar-refractivity contribution >= 4 is 15.9 Å². The second-order valence-corrected chi connectivity index (χ2v) is 3.73. The molecule has 0 amide bonds. The lowest BCUT2D eigenvalue weighted by Gasteiger charge is -2.11. The minimum absolute atomic E-state index is 0.0312. The van der Waals surface area contributed by atoms with E-state index in [1.165, 1.54) is 0 Å². The Labute approximate surface area is 78.3 Å². The fourth-order valence-corrected chi connectivity index (χ4v) is 1.58. The second-order valence-electron chi connectivity index (χ2n) is 2.81. The van der Waals surface area contributed by atoms with E-state index in [0.29, 0.717) is 13.2 Å². The molecule has 12 heavy (non-hydrogen) atoms. The third-order valence-corrected chi connectivity index (χ3v) is 2.34. The number of hydrogen-bond donors (Lipinski definition) is 1. The summed E-state index contributed by atoms with van der Waals surface area (Å²) in [6, 6.07) is -0.0312. The Bertz CT molecular complexity index is 276. The van der Waals surface area contributed by atoms with Crippen LogP contribution in [0.2, 0.25) is 0 Å². The predicted molar refractivity (Wildman–Crippen MR) is 45.8 cm³/mol. The fraction of sp³-hybridized carbons (Fsp3) is 0.571. The summed E-state index contributed by atoms with van der Waals surface area (Å²) in [7, 11) is 0. The maximum atomic E-state index is 9.45. The largest absolute Gasteiger partial charge is 0.388 e. The van der Waals surface area contributed by atoms with Crippen LogP contribution in [0, 0.1) is 0 Å². The molecule has 1 aliphatic rings.